The monoisotopic (exact) mass is 374 g/mol. The molecule has 0 aliphatic heterocycles. The number of methoxy groups -OCH3 is 2. The van der Waals surface area contributed by atoms with Gasteiger partial charge in [0.25, 0.3) is 0 Å². The fourth-order valence-electron chi connectivity index (χ4n) is 2.32. The molecule has 0 aliphatic carbocycles. The molecule has 140 valence electrons. The van der Waals surface area contributed by atoms with Crippen molar-refractivity contribution >= 4 is 17.7 Å². The Morgan fingerprint density at radius 2 is 1.85 bits per heavy atom. The lowest BCUT2D eigenvalue weighted by Crippen LogP contribution is -2.30. The molecular formula is C19H16F2N2O4. The minimum absolute atomic E-state index is 0.289. The zero-order valence-electron chi connectivity index (χ0n) is 14.5. The molecule has 2 N–H and O–H groups in total. The summed E-state index contributed by atoms with van der Waals surface area (Å²) in [6.45, 7) is 0. The van der Waals surface area contributed by atoms with Crippen molar-refractivity contribution in [3.8, 4) is 17.6 Å². The van der Waals surface area contributed by atoms with Crippen molar-refractivity contribution in [2.45, 2.75) is 6.05 Å². The van der Waals surface area contributed by atoms with Crippen LogP contribution in [0.4, 0.5) is 14.5 Å². The van der Waals surface area contributed by atoms with Gasteiger partial charge in [0.1, 0.15) is 11.6 Å². The van der Waals surface area contributed by atoms with E-state index in [1.165, 1.54) is 62.8 Å². The van der Waals surface area contributed by atoms with Crippen molar-refractivity contribution in [2.75, 3.05) is 19.5 Å². The van der Waals surface area contributed by atoms with Crippen LogP contribution >= 0.6 is 0 Å². The van der Waals surface area contributed by atoms with Gasteiger partial charge < -0.3 is 19.9 Å². The van der Waals surface area contributed by atoms with Crippen molar-refractivity contribution in [1.29, 1.82) is 5.26 Å². The van der Waals surface area contributed by atoms with Gasteiger partial charge in [-0.05, 0) is 35.9 Å². The summed E-state index contributed by atoms with van der Waals surface area (Å²) in [5.74, 6) is -0.638. The van der Waals surface area contributed by atoms with Crippen LogP contribution in [0.3, 0.4) is 0 Å². The molecule has 8 heteroatoms. The van der Waals surface area contributed by atoms with E-state index in [0.29, 0.717) is 11.5 Å². The lowest BCUT2D eigenvalue weighted by molar-refractivity contribution is 0.0693. The van der Waals surface area contributed by atoms with Crippen LogP contribution in [0, 0.1) is 11.3 Å². The Bertz CT molecular complexity index is 920. The highest BCUT2D eigenvalue weighted by molar-refractivity contribution is 5.94. The van der Waals surface area contributed by atoms with Crippen LogP contribution in [-0.4, -0.2) is 31.3 Å². The first-order valence-electron chi connectivity index (χ1n) is 7.65. The number of rotatable bonds is 7. The Labute approximate surface area is 154 Å². The maximum Gasteiger partial charge on any atom is 0.360 e. The highest BCUT2D eigenvalue weighted by Crippen LogP contribution is 2.32. The van der Waals surface area contributed by atoms with Crippen molar-refractivity contribution < 1.29 is 28.2 Å². The molecule has 2 aromatic rings. The Morgan fingerprint density at radius 3 is 2.44 bits per heavy atom. The molecule has 0 aromatic heterocycles. The third kappa shape index (κ3) is 4.52. The van der Waals surface area contributed by atoms with Crippen molar-refractivity contribution in [3.05, 3.63) is 59.2 Å². The standard InChI is InChI=1S/C19H16F2N2O4/c1-26-16-8-7-12(10-17(16)27-2)9-13(11-22)19(20,21)23-15-6-4-3-5-14(15)18(24)25/h3-10,23H,1-2H3,(H,24,25)/b13-9+. The molecule has 6 nitrogen and oxygen atoms in total. The molecule has 0 amide bonds. The fourth-order valence-corrected chi connectivity index (χ4v) is 2.32. The number of nitrogens with one attached hydrogen (secondary N) is 1. The van der Waals surface area contributed by atoms with E-state index >= 15 is 0 Å². The number of nitrogens with zero attached hydrogens (tertiary/aromatic N) is 1. The van der Waals surface area contributed by atoms with Gasteiger partial charge in [-0.1, -0.05) is 18.2 Å². The van der Waals surface area contributed by atoms with Gasteiger partial charge in [0.15, 0.2) is 11.5 Å². The number of nitriles is 1. The first kappa shape index (κ1) is 19.7. The predicted molar refractivity (Wildman–Crippen MR) is 95.1 cm³/mol. The van der Waals surface area contributed by atoms with Crippen LogP contribution in [0.1, 0.15) is 15.9 Å². The number of hydrogen-bond acceptors (Lipinski definition) is 5. The van der Waals surface area contributed by atoms with Crippen LogP contribution in [0.15, 0.2) is 48.0 Å². The molecule has 0 saturated heterocycles. The second kappa shape index (κ2) is 8.19. The summed E-state index contributed by atoms with van der Waals surface area (Å²) in [6.07, 6.45) is 0.984. The Balaban J connectivity index is 2.40. The minimum Gasteiger partial charge on any atom is -0.493 e. The summed E-state index contributed by atoms with van der Waals surface area (Å²) in [4.78, 5) is 11.2. The molecule has 0 heterocycles. The predicted octanol–water partition coefficient (Wildman–Crippen LogP) is 4.01. The van der Waals surface area contributed by atoms with Gasteiger partial charge >= 0.3 is 12.0 Å². The summed E-state index contributed by atoms with van der Waals surface area (Å²) in [5, 5.41) is 20.1. The Morgan fingerprint density at radius 1 is 1.19 bits per heavy atom. The lowest BCUT2D eigenvalue weighted by atomic mass is 10.1. The third-order valence-electron chi connectivity index (χ3n) is 3.63. The second-order valence-electron chi connectivity index (χ2n) is 5.33. The Kier molecular flexibility index (Phi) is 5.98. The smallest absolute Gasteiger partial charge is 0.360 e. The van der Waals surface area contributed by atoms with Crippen LogP contribution in [-0.2, 0) is 0 Å². The number of anilines is 1. The fraction of sp³-hybridized carbons (Fsp3) is 0.158. The number of carboxylic acids is 1. The number of para-hydroxylation sites is 1. The average molecular weight is 374 g/mol. The number of carbonyl (C=O) groups is 1. The van der Waals surface area contributed by atoms with E-state index in [-0.39, 0.29) is 16.8 Å². The highest BCUT2D eigenvalue weighted by atomic mass is 19.3. The SMILES string of the molecule is COc1ccc(/C=C(\C#N)C(F)(F)Nc2ccccc2C(=O)O)cc1OC. The molecule has 0 saturated carbocycles. The number of halogens is 2. The second-order valence-corrected chi connectivity index (χ2v) is 5.33. The maximum atomic E-state index is 14.6. The average Bonchev–Trinajstić information content (AvgIpc) is 2.65. The number of aromatic carboxylic acids is 1. The molecule has 0 aliphatic rings. The number of carboxylic acid groups (broad SMARTS) is 1. The number of ether oxygens (including phenoxy) is 2. The number of hydrogen-bond donors (Lipinski definition) is 2. The molecule has 0 spiro atoms. The van der Waals surface area contributed by atoms with Gasteiger partial charge in [-0.3, -0.25) is 0 Å². The van der Waals surface area contributed by atoms with E-state index in [0.717, 1.165) is 6.08 Å². The molecule has 2 aromatic carbocycles. The van der Waals surface area contributed by atoms with Crippen molar-refractivity contribution in [3.63, 3.8) is 0 Å². The van der Waals surface area contributed by atoms with Crippen LogP contribution < -0.4 is 14.8 Å². The minimum atomic E-state index is -3.80. The van der Waals surface area contributed by atoms with Gasteiger partial charge in [0, 0.05) is 0 Å². The molecule has 0 fully saturated rings. The third-order valence-corrected chi connectivity index (χ3v) is 3.63. The zero-order valence-corrected chi connectivity index (χ0v) is 14.5. The van der Waals surface area contributed by atoms with E-state index in [1.54, 1.807) is 0 Å². The Hall–Kier alpha value is -3.60. The van der Waals surface area contributed by atoms with E-state index in [4.69, 9.17) is 14.6 Å². The topological polar surface area (TPSA) is 91.6 Å². The molecule has 0 radical (unpaired) electrons. The van der Waals surface area contributed by atoms with Crippen LogP contribution in [0.25, 0.3) is 6.08 Å². The van der Waals surface area contributed by atoms with Gasteiger partial charge in [-0.15, -0.1) is 0 Å². The maximum absolute atomic E-state index is 14.6. The van der Waals surface area contributed by atoms with Gasteiger partial charge in [-0.2, -0.15) is 14.0 Å². The molecule has 2 rings (SSSR count). The summed E-state index contributed by atoms with van der Waals surface area (Å²) < 4.78 is 39.3. The normalized spacial score (nSPS) is 11.4. The van der Waals surface area contributed by atoms with Gasteiger partial charge in [-0.25, -0.2) is 4.79 Å². The van der Waals surface area contributed by atoms with Crippen molar-refractivity contribution in [1.82, 2.24) is 0 Å². The van der Waals surface area contributed by atoms with Crippen LogP contribution in [0.5, 0.6) is 11.5 Å². The van der Waals surface area contributed by atoms with Gasteiger partial charge in [0.2, 0.25) is 0 Å². The lowest BCUT2D eigenvalue weighted by Gasteiger charge is -2.19. The summed E-state index contributed by atoms with van der Waals surface area (Å²) in [5.41, 5.74) is -1.24. The van der Waals surface area contributed by atoms with Crippen LogP contribution in [0.2, 0.25) is 0 Å². The van der Waals surface area contributed by atoms with E-state index in [2.05, 4.69) is 0 Å². The number of benzene rings is 2. The van der Waals surface area contributed by atoms with Crippen molar-refractivity contribution in [2.24, 2.45) is 0 Å². The summed E-state index contributed by atoms with van der Waals surface area (Å²) in [6, 6.07) is 7.31. The molecule has 0 unspecified atom stereocenters. The zero-order chi connectivity index (χ0) is 20.0. The summed E-state index contributed by atoms with van der Waals surface area (Å²) >= 11 is 0. The first-order chi connectivity index (χ1) is 12.8. The molecule has 0 bridgehead atoms. The first-order valence-corrected chi connectivity index (χ1v) is 7.65. The number of alkyl halides is 2. The van der Waals surface area contributed by atoms with E-state index in [9.17, 15) is 18.8 Å². The van der Waals surface area contributed by atoms with E-state index < -0.39 is 17.6 Å². The quantitative estimate of drug-likeness (QED) is 0.562. The van der Waals surface area contributed by atoms with E-state index in [1.807, 2.05) is 5.32 Å². The molecule has 27 heavy (non-hydrogen) atoms. The summed E-state index contributed by atoms with van der Waals surface area (Å²) in [7, 11) is 2.83. The largest absolute Gasteiger partial charge is 0.493 e. The molecule has 0 atom stereocenters. The highest BCUT2D eigenvalue weighted by Gasteiger charge is 2.35. The van der Waals surface area contributed by atoms with Gasteiger partial charge in [0.05, 0.1) is 25.5 Å². The molecular weight excluding hydrogens is 358 g/mol.